The quantitative estimate of drug-likeness (QED) is 0.601. The summed E-state index contributed by atoms with van der Waals surface area (Å²) in [4.78, 5) is 12.8. The first-order valence-corrected chi connectivity index (χ1v) is 11.7. The largest absolute Gasteiger partial charge is 0.394 e. The number of halogens is 2. The molecule has 11 heteroatoms. The van der Waals surface area contributed by atoms with Gasteiger partial charge in [-0.1, -0.05) is 19.6 Å². The first-order valence-electron chi connectivity index (χ1n) is 7.87. The third-order valence-electron chi connectivity index (χ3n) is 4.45. The maximum atomic E-state index is 14.4. The number of alkyl halides is 1. The second-order valence-electron chi connectivity index (χ2n) is 7.05. The van der Waals surface area contributed by atoms with Crippen molar-refractivity contribution in [2.75, 3.05) is 18.2 Å². The number of ether oxygens (including phenoxy) is 1. The molecule has 0 aliphatic carbocycles. The van der Waals surface area contributed by atoms with Crippen molar-refractivity contribution in [3.8, 4) is 0 Å². The van der Waals surface area contributed by atoms with E-state index in [1.165, 1.54) is 10.9 Å². The summed E-state index contributed by atoms with van der Waals surface area (Å²) in [6, 6.07) is 0. The third-order valence-corrected chi connectivity index (χ3v) is 6.84. The molecule has 2 N–H and O–H groups in total. The highest BCUT2D eigenvalue weighted by Gasteiger charge is 2.45. The fourth-order valence-electron chi connectivity index (χ4n) is 2.69. The number of aliphatic hydroxyl groups is 2. The Hall–Kier alpha value is -1.33. The first kappa shape index (κ1) is 18.5. The lowest BCUT2D eigenvalue weighted by Gasteiger charge is -2.31. The van der Waals surface area contributed by atoms with Crippen LogP contribution in [-0.2, 0) is 4.74 Å². The van der Waals surface area contributed by atoms with Crippen LogP contribution in [0.25, 0.3) is 11.2 Å². The number of nitrogens with zero attached hydrogens (tertiary/aromatic N) is 5. The summed E-state index contributed by atoms with van der Waals surface area (Å²) in [5, 5.41) is 19.1. The normalized spacial score (nSPS) is 27.2. The van der Waals surface area contributed by atoms with Crippen LogP contribution in [0.4, 0.5) is 10.2 Å². The minimum atomic E-state index is -1.75. The Morgan fingerprint density at radius 3 is 2.64 bits per heavy atom. The maximum Gasteiger partial charge on any atom is 0.226 e. The van der Waals surface area contributed by atoms with Crippen molar-refractivity contribution < 1.29 is 19.3 Å². The number of anilines is 1. The maximum absolute atomic E-state index is 14.4. The summed E-state index contributed by atoms with van der Waals surface area (Å²) in [6.45, 7) is 5.95. The van der Waals surface area contributed by atoms with Crippen LogP contribution in [0.3, 0.4) is 0 Å². The number of imidazole rings is 1. The lowest BCUT2D eigenvalue weighted by molar-refractivity contribution is -0.0459. The van der Waals surface area contributed by atoms with E-state index in [0.717, 1.165) is 0 Å². The van der Waals surface area contributed by atoms with Crippen LogP contribution in [-0.4, -0.2) is 70.0 Å². The molecule has 0 bridgehead atoms. The Labute approximate surface area is 150 Å². The molecule has 0 saturated carbocycles. The van der Waals surface area contributed by atoms with Gasteiger partial charge in [-0.05, 0) is 18.6 Å². The van der Waals surface area contributed by atoms with Gasteiger partial charge in [-0.3, -0.25) is 4.57 Å². The van der Waals surface area contributed by atoms with Crippen LogP contribution < -0.4 is 4.57 Å². The molecule has 25 heavy (non-hydrogen) atoms. The molecule has 2 aromatic rings. The standard InChI is InChI=1S/C14H21ClFN5O3Si/c1-20(25(2,3)4)11-9-12(19-14(15)18-11)21(6-17-9)13-8(16)10(23)7(5-22)24-13/h6-8,10,13,22-23H,5H2,1-4H3. The molecule has 0 aromatic carbocycles. The number of aromatic nitrogens is 4. The monoisotopic (exact) mass is 389 g/mol. The first-order chi connectivity index (χ1) is 11.6. The van der Waals surface area contributed by atoms with Crippen molar-refractivity contribution in [2.24, 2.45) is 0 Å². The van der Waals surface area contributed by atoms with Crippen LogP contribution in [0.2, 0.25) is 24.9 Å². The van der Waals surface area contributed by atoms with Crippen molar-refractivity contribution in [3.63, 3.8) is 0 Å². The summed E-state index contributed by atoms with van der Waals surface area (Å²) < 4.78 is 23.3. The summed E-state index contributed by atoms with van der Waals surface area (Å²) in [5.74, 6) is 0.570. The summed E-state index contributed by atoms with van der Waals surface area (Å²) in [6.07, 6.45) is -3.90. The van der Waals surface area contributed by atoms with Gasteiger partial charge in [-0.25, -0.2) is 9.37 Å². The Balaban J connectivity index is 2.10. The average molecular weight is 390 g/mol. The molecule has 0 radical (unpaired) electrons. The molecule has 8 nitrogen and oxygen atoms in total. The molecule has 1 saturated heterocycles. The van der Waals surface area contributed by atoms with Crippen LogP contribution in [0, 0.1) is 0 Å². The molecule has 3 heterocycles. The minimum Gasteiger partial charge on any atom is -0.394 e. The third kappa shape index (κ3) is 3.12. The highest BCUT2D eigenvalue weighted by atomic mass is 35.5. The zero-order chi connectivity index (χ0) is 18.5. The van der Waals surface area contributed by atoms with E-state index in [1.54, 1.807) is 0 Å². The number of fused-ring (bicyclic) bond motifs is 1. The zero-order valence-electron chi connectivity index (χ0n) is 14.4. The van der Waals surface area contributed by atoms with Crippen molar-refractivity contribution >= 4 is 36.8 Å². The van der Waals surface area contributed by atoms with Gasteiger partial charge >= 0.3 is 0 Å². The highest BCUT2D eigenvalue weighted by molar-refractivity contribution is 6.79. The predicted octanol–water partition coefficient (Wildman–Crippen LogP) is 1.34. The number of hydrogen-bond donors (Lipinski definition) is 2. The summed E-state index contributed by atoms with van der Waals surface area (Å²) in [5.41, 5.74) is 0.797. The fraction of sp³-hybridized carbons (Fsp3) is 0.643. The van der Waals surface area contributed by atoms with E-state index in [-0.39, 0.29) is 5.28 Å². The van der Waals surface area contributed by atoms with E-state index in [1.807, 2.05) is 11.6 Å². The molecule has 0 spiro atoms. The van der Waals surface area contributed by atoms with Crippen molar-refractivity contribution in [3.05, 3.63) is 11.6 Å². The van der Waals surface area contributed by atoms with E-state index < -0.39 is 39.4 Å². The summed E-state index contributed by atoms with van der Waals surface area (Å²) >= 11 is 6.08. The number of rotatable bonds is 4. The molecule has 1 fully saturated rings. The van der Waals surface area contributed by atoms with Gasteiger partial charge in [0.25, 0.3) is 0 Å². The molecule has 138 valence electrons. The number of hydrogen-bond acceptors (Lipinski definition) is 7. The number of aliphatic hydroxyl groups excluding tert-OH is 2. The molecule has 4 unspecified atom stereocenters. The van der Waals surface area contributed by atoms with E-state index >= 15 is 0 Å². The molecule has 0 amide bonds. The predicted molar refractivity (Wildman–Crippen MR) is 94.0 cm³/mol. The molecule has 3 rings (SSSR count). The van der Waals surface area contributed by atoms with Gasteiger partial charge in [0, 0.05) is 0 Å². The minimum absolute atomic E-state index is 0.0158. The second kappa shape index (κ2) is 6.43. The van der Waals surface area contributed by atoms with E-state index in [2.05, 4.69) is 34.6 Å². The average Bonchev–Trinajstić information content (AvgIpc) is 3.07. The van der Waals surface area contributed by atoms with Crippen LogP contribution >= 0.6 is 11.6 Å². The van der Waals surface area contributed by atoms with Crippen molar-refractivity contribution in [1.82, 2.24) is 19.5 Å². The second-order valence-corrected chi connectivity index (χ2v) is 12.4. The molecule has 4 atom stereocenters. The van der Waals surface area contributed by atoms with E-state index in [9.17, 15) is 14.6 Å². The highest BCUT2D eigenvalue weighted by Crippen LogP contribution is 2.35. The Morgan fingerprint density at radius 1 is 1.40 bits per heavy atom. The topological polar surface area (TPSA) is 96.5 Å². The molecule has 1 aliphatic heterocycles. The lowest BCUT2D eigenvalue weighted by Crippen LogP contribution is -2.43. The summed E-state index contributed by atoms with van der Waals surface area (Å²) in [7, 11) is 0.167. The zero-order valence-corrected chi connectivity index (χ0v) is 16.1. The van der Waals surface area contributed by atoms with Gasteiger partial charge in [0.05, 0.1) is 12.9 Å². The molecular formula is C14H21ClFN5O3Si. The SMILES string of the molecule is CN(c1nc(Cl)nc2c1ncn2C1OC(CO)C(O)C1F)[Si](C)(C)C. The van der Waals surface area contributed by atoms with Crippen LogP contribution in [0.15, 0.2) is 6.33 Å². The van der Waals surface area contributed by atoms with Gasteiger partial charge in [-0.2, -0.15) is 9.97 Å². The fourth-order valence-corrected chi connectivity index (χ4v) is 3.64. The Bertz CT molecular complexity index is 786. The van der Waals surface area contributed by atoms with Gasteiger partial charge in [-0.15, -0.1) is 0 Å². The van der Waals surface area contributed by atoms with Gasteiger partial charge in [0.1, 0.15) is 26.0 Å². The molecule has 2 aromatic heterocycles. The van der Waals surface area contributed by atoms with Crippen LogP contribution in [0.1, 0.15) is 6.23 Å². The van der Waals surface area contributed by atoms with Crippen LogP contribution in [0.5, 0.6) is 0 Å². The van der Waals surface area contributed by atoms with Gasteiger partial charge in [0.2, 0.25) is 5.28 Å². The van der Waals surface area contributed by atoms with Crippen molar-refractivity contribution in [1.29, 1.82) is 0 Å². The van der Waals surface area contributed by atoms with Crippen molar-refractivity contribution in [2.45, 2.75) is 44.2 Å². The molecule has 1 aliphatic rings. The van der Waals surface area contributed by atoms with E-state index in [4.69, 9.17) is 16.3 Å². The Kier molecular flexibility index (Phi) is 4.75. The smallest absolute Gasteiger partial charge is 0.226 e. The van der Waals surface area contributed by atoms with Gasteiger partial charge < -0.3 is 19.5 Å². The Morgan fingerprint density at radius 2 is 2.08 bits per heavy atom. The lowest BCUT2D eigenvalue weighted by atomic mass is 10.1. The van der Waals surface area contributed by atoms with Gasteiger partial charge in [0.15, 0.2) is 23.9 Å². The molecular weight excluding hydrogens is 369 g/mol. The van der Waals surface area contributed by atoms with E-state index in [0.29, 0.717) is 17.0 Å².